The topological polar surface area (TPSA) is 86.8 Å². The van der Waals surface area contributed by atoms with Crippen molar-refractivity contribution in [3.8, 4) is 0 Å². The maximum absolute atomic E-state index is 13.1. The molecule has 2 aliphatic rings. The second-order valence-electron chi connectivity index (χ2n) is 9.26. The van der Waals surface area contributed by atoms with Gasteiger partial charge < -0.3 is 10.2 Å². The predicted octanol–water partition coefficient (Wildman–Crippen LogP) is 3.23. The Morgan fingerprint density at radius 2 is 1.83 bits per heavy atom. The summed E-state index contributed by atoms with van der Waals surface area (Å²) in [5.41, 5.74) is 0.221. The van der Waals surface area contributed by atoms with Gasteiger partial charge in [0.15, 0.2) is 0 Å². The summed E-state index contributed by atoms with van der Waals surface area (Å²) >= 11 is 0. The lowest BCUT2D eigenvalue weighted by Crippen LogP contribution is -2.43. The van der Waals surface area contributed by atoms with Gasteiger partial charge in [-0.15, -0.1) is 0 Å². The Kier molecular flexibility index (Phi) is 6.57. The number of piperidine rings is 1. The maximum atomic E-state index is 13.1. The molecule has 7 nitrogen and oxygen atoms in total. The molecule has 0 aromatic heterocycles. The number of carbonyl (C=O) groups excluding carboxylic acids is 2. The summed E-state index contributed by atoms with van der Waals surface area (Å²) in [6.07, 6.45) is 3.85. The maximum Gasteiger partial charge on any atom is 0.243 e. The molecule has 2 atom stereocenters. The number of nitrogens with zero attached hydrogens (tertiary/aromatic N) is 2. The van der Waals surface area contributed by atoms with E-state index in [4.69, 9.17) is 0 Å². The van der Waals surface area contributed by atoms with Crippen molar-refractivity contribution in [2.24, 2.45) is 5.92 Å². The molecule has 2 heterocycles. The molecule has 0 unspecified atom stereocenters. The minimum absolute atomic E-state index is 0.0175. The lowest BCUT2D eigenvalue weighted by molar-refractivity contribution is -0.131. The molecule has 0 bridgehead atoms. The number of sulfonamides is 1. The molecule has 8 heteroatoms. The third-order valence-electron chi connectivity index (χ3n) is 6.08. The van der Waals surface area contributed by atoms with E-state index in [1.807, 2.05) is 27.7 Å². The highest BCUT2D eigenvalue weighted by Crippen LogP contribution is 2.29. The fraction of sp³-hybridized carbons (Fsp3) is 0.636. The average molecular weight is 436 g/mol. The largest absolute Gasteiger partial charge is 0.337 e. The second kappa shape index (κ2) is 8.67. The van der Waals surface area contributed by atoms with Gasteiger partial charge in [-0.25, -0.2) is 8.42 Å². The van der Waals surface area contributed by atoms with Crippen molar-refractivity contribution in [2.45, 2.75) is 76.3 Å². The monoisotopic (exact) mass is 435 g/mol. The smallest absolute Gasteiger partial charge is 0.243 e. The zero-order chi connectivity index (χ0) is 22.1. The number of hydrogen-bond acceptors (Lipinski definition) is 4. The average Bonchev–Trinajstić information content (AvgIpc) is 3.10. The first kappa shape index (κ1) is 22.7. The first-order valence-corrected chi connectivity index (χ1v) is 12.2. The molecule has 3 rings (SSSR count). The first-order valence-electron chi connectivity index (χ1n) is 10.8. The summed E-state index contributed by atoms with van der Waals surface area (Å²) in [5, 5.41) is 2.83. The molecule has 0 spiro atoms. The Labute approximate surface area is 179 Å². The van der Waals surface area contributed by atoms with E-state index in [2.05, 4.69) is 5.32 Å². The number of hydrogen-bond donors (Lipinski definition) is 1. The molecule has 30 heavy (non-hydrogen) atoms. The minimum atomic E-state index is -3.55. The summed E-state index contributed by atoms with van der Waals surface area (Å²) in [6, 6.07) is 6.39. The van der Waals surface area contributed by atoms with Crippen molar-refractivity contribution in [1.82, 2.24) is 9.21 Å². The third-order valence-corrected chi connectivity index (χ3v) is 8.04. The molecular formula is C22H33N3O4S. The number of nitrogens with one attached hydrogen (secondary N) is 1. The quantitative estimate of drug-likeness (QED) is 0.769. The van der Waals surface area contributed by atoms with Crippen molar-refractivity contribution in [1.29, 1.82) is 0 Å². The standard InChI is InChI=1S/C22H33N3O4S/c1-5-18-8-6-7-13-25(18)30(28,29)19-11-9-17(10-12-19)23-21(27)16-14-20(26)24(15-16)22(2,3)4/h9-12,16,18H,5-8,13-15H2,1-4H3,(H,23,27)/t16-,18-/m1/s1. The van der Waals surface area contributed by atoms with Gasteiger partial charge in [-0.3, -0.25) is 9.59 Å². The minimum Gasteiger partial charge on any atom is -0.337 e. The Hall–Kier alpha value is -1.93. The van der Waals surface area contributed by atoms with Gasteiger partial charge in [0.05, 0.1) is 10.8 Å². The predicted molar refractivity (Wildman–Crippen MR) is 116 cm³/mol. The van der Waals surface area contributed by atoms with Gasteiger partial charge in [0.1, 0.15) is 0 Å². The lowest BCUT2D eigenvalue weighted by Gasteiger charge is -2.34. The molecule has 1 aromatic rings. The van der Waals surface area contributed by atoms with E-state index in [-0.39, 0.29) is 34.7 Å². The van der Waals surface area contributed by atoms with Gasteiger partial charge in [0.2, 0.25) is 21.8 Å². The van der Waals surface area contributed by atoms with Crippen LogP contribution in [0, 0.1) is 5.92 Å². The summed E-state index contributed by atoms with van der Waals surface area (Å²) in [5.74, 6) is -0.636. The molecule has 2 aliphatic heterocycles. The molecule has 2 amide bonds. The van der Waals surface area contributed by atoms with Gasteiger partial charge >= 0.3 is 0 Å². The van der Waals surface area contributed by atoms with Crippen molar-refractivity contribution in [2.75, 3.05) is 18.4 Å². The first-order chi connectivity index (χ1) is 14.0. The molecular weight excluding hydrogens is 402 g/mol. The molecule has 166 valence electrons. The highest BCUT2D eigenvalue weighted by atomic mass is 32.2. The number of carbonyl (C=O) groups is 2. The molecule has 0 aliphatic carbocycles. The van der Waals surface area contributed by atoms with Gasteiger partial charge in [-0.2, -0.15) is 4.31 Å². The van der Waals surface area contributed by atoms with Crippen LogP contribution in [0.4, 0.5) is 5.69 Å². The van der Waals surface area contributed by atoms with Crippen molar-refractivity contribution < 1.29 is 18.0 Å². The Morgan fingerprint density at radius 3 is 2.40 bits per heavy atom. The van der Waals surface area contributed by atoms with E-state index in [1.54, 1.807) is 33.5 Å². The molecule has 1 aromatic carbocycles. The van der Waals surface area contributed by atoms with Crippen LogP contribution < -0.4 is 5.32 Å². The van der Waals surface area contributed by atoms with Crippen molar-refractivity contribution in [3.05, 3.63) is 24.3 Å². The van der Waals surface area contributed by atoms with E-state index >= 15 is 0 Å². The van der Waals surface area contributed by atoms with Gasteiger partial charge in [-0.05, 0) is 64.3 Å². The molecule has 1 N–H and O–H groups in total. The van der Waals surface area contributed by atoms with Crippen molar-refractivity contribution in [3.63, 3.8) is 0 Å². The molecule has 2 saturated heterocycles. The number of benzene rings is 1. The third kappa shape index (κ3) is 4.70. The fourth-order valence-electron chi connectivity index (χ4n) is 4.32. The van der Waals surface area contributed by atoms with Crippen LogP contribution >= 0.6 is 0 Å². The van der Waals surface area contributed by atoms with E-state index in [9.17, 15) is 18.0 Å². The Balaban J connectivity index is 1.67. The van der Waals surface area contributed by atoms with Crippen LogP contribution in [0.3, 0.4) is 0 Å². The van der Waals surface area contributed by atoms with Crippen LogP contribution in [-0.4, -0.2) is 54.1 Å². The zero-order valence-corrected chi connectivity index (χ0v) is 19.2. The summed E-state index contributed by atoms with van der Waals surface area (Å²) in [7, 11) is -3.55. The van der Waals surface area contributed by atoms with Crippen LogP contribution in [0.1, 0.15) is 59.8 Å². The Morgan fingerprint density at radius 1 is 1.17 bits per heavy atom. The van der Waals surface area contributed by atoms with Crippen LogP contribution in [0.15, 0.2) is 29.2 Å². The van der Waals surface area contributed by atoms with Gasteiger partial charge in [0.25, 0.3) is 0 Å². The normalized spacial score (nSPS) is 23.6. The van der Waals surface area contributed by atoms with Crippen LogP contribution in [0.25, 0.3) is 0 Å². The second-order valence-corrected chi connectivity index (χ2v) is 11.2. The van der Waals surface area contributed by atoms with Crippen LogP contribution in [-0.2, 0) is 19.6 Å². The van der Waals surface area contributed by atoms with Crippen LogP contribution in [0.5, 0.6) is 0 Å². The number of amides is 2. The lowest BCUT2D eigenvalue weighted by atomic mass is 10.0. The van der Waals surface area contributed by atoms with E-state index in [0.29, 0.717) is 18.8 Å². The highest BCUT2D eigenvalue weighted by molar-refractivity contribution is 7.89. The van der Waals surface area contributed by atoms with Gasteiger partial charge in [0, 0.05) is 36.8 Å². The zero-order valence-electron chi connectivity index (χ0n) is 18.3. The van der Waals surface area contributed by atoms with E-state index < -0.39 is 15.9 Å². The van der Waals surface area contributed by atoms with Gasteiger partial charge in [-0.1, -0.05) is 13.3 Å². The number of likely N-dealkylation sites (tertiary alicyclic amines) is 1. The Bertz CT molecular complexity index is 890. The number of rotatable bonds is 5. The van der Waals surface area contributed by atoms with Crippen molar-refractivity contribution >= 4 is 27.5 Å². The SMILES string of the molecule is CC[C@@H]1CCCCN1S(=O)(=O)c1ccc(NC(=O)[C@@H]2CC(=O)N(C(C)(C)C)C2)cc1. The highest BCUT2D eigenvalue weighted by Gasteiger charge is 2.39. The fourth-order valence-corrected chi connectivity index (χ4v) is 6.09. The summed E-state index contributed by atoms with van der Waals surface area (Å²) < 4.78 is 27.7. The molecule has 2 fully saturated rings. The van der Waals surface area contributed by atoms with E-state index in [0.717, 1.165) is 25.7 Å². The summed E-state index contributed by atoms with van der Waals surface area (Å²) in [4.78, 5) is 26.8. The molecule has 0 saturated carbocycles. The van der Waals surface area contributed by atoms with Crippen LogP contribution in [0.2, 0.25) is 0 Å². The summed E-state index contributed by atoms with van der Waals surface area (Å²) in [6.45, 7) is 8.83. The number of anilines is 1. The van der Waals surface area contributed by atoms with E-state index in [1.165, 1.54) is 0 Å². The molecule has 0 radical (unpaired) electrons.